The summed E-state index contributed by atoms with van der Waals surface area (Å²) in [4.78, 5) is 14.0. The van der Waals surface area contributed by atoms with Crippen LogP contribution in [0.25, 0.3) is 0 Å². The molecule has 1 aromatic rings. The predicted octanol–water partition coefficient (Wildman–Crippen LogP) is 3.36. The number of nitrogens with zero attached hydrogens (tertiary/aromatic N) is 1. The van der Waals surface area contributed by atoms with Crippen molar-refractivity contribution < 1.29 is 22.7 Å². The second-order valence-electron chi connectivity index (χ2n) is 5.36. The zero-order chi connectivity index (χ0) is 15.2. The molecule has 2 aliphatic heterocycles. The standard InChI is InChI=1S/C14H13ClF3NO2/c15-12-5-8(14(16,17)18)1-4-11(12)13(20)19-6-9-2-3-10(7-19)21-9/h1,4-5,9-10H,2-3,6-7H2. The highest BCUT2D eigenvalue weighted by Gasteiger charge is 2.37. The smallest absolute Gasteiger partial charge is 0.371 e. The highest BCUT2D eigenvalue weighted by atomic mass is 35.5. The van der Waals surface area contributed by atoms with Gasteiger partial charge in [0, 0.05) is 13.1 Å². The molecule has 2 bridgehead atoms. The summed E-state index contributed by atoms with van der Waals surface area (Å²) in [6.07, 6.45) is -2.59. The maximum Gasteiger partial charge on any atom is 0.416 e. The summed E-state index contributed by atoms with van der Waals surface area (Å²) in [5.41, 5.74) is -0.753. The SMILES string of the molecule is O=C(c1ccc(C(F)(F)F)cc1Cl)N1CC2CCC(C1)O2. The van der Waals surface area contributed by atoms with E-state index in [1.165, 1.54) is 0 Å². The van der Waals surface area contributed by atoms with Gasteiger partial charge in [-0.15, -0.1) is 0 Å². The third kappa shape index (κ3) is 2.87. The largest absolute Gasteiger partial charge is 0.416 e. The molecule has 0 saturated carbocycles. The number of fused-ring (bicyclic) bond motifs is 2. The summed E-state index contributed by atoms with van der Waals surface area (Å²) in [5, 5.41) is -0.173. The summed E-state index contributed by atoms with van der Waals surface area (Å²) >= 11 is 5.86. The van der Waals surface area contributed by atoms with Gasteiger partial charge in [-0.05, 0) is 31.0 Å². The lowest BCUT2D eigenvalue weighted by Crippen LogP contribution is -2.45. The Balaban J connectivity index is 1.82. The lowest BCUT2D eigenvalue weighted by Gasteiger charge is -2.32. The number of rotatable bonds is 1. The number of morpholine rings is 1. The van der Waals surface area contributed by atoms with Gasteiger partial charge in [0.15, 0.2) is 0 Å². The van der Waals surface area contributed by atoms with E-state index in [1.54, 1.807) is 4.90 Å². The molecule has 0 radical (unpaired) electrons. The Morgan fingerprint density at radius 2 is 1.86 bits per heavy atom. The van der Waals surface area contributed by atoms with Crippen molar-refractivity contribution in [2.24, 2.45) is 0 Å². The minimum Gasteiger partial charge on any atom is -0.371 e. The molecule has 2 aliphatic rings. The fraction of sp³-hybridized carbons (Fsp3) is 0.500. The van der Waals surface area contributed by atoms with Gasteiger partial charge in [0.25, 0.3) is 5.91 Å². The Morgan fingerprint density at radius 3 is 2.38 bits per heavy atom. The van der Waals surface area contributed by atoms with Crippen LogP contribution >= 0.6 is 11.6 Å². The van der Waals surface area contributed by atoms with Gasteiger partial charge in [-0.25, -0.2) is 0 Å². The van der Waals surface area contributed by atoms with E-state index >= 15 is 0 Å². The molecular weight excluding hydrogens is 307 g/mol. The fourth-order valence-corrected chi connectivity index (χ4v) is 3.08. The minimum absolute atomic E-state index is 0.0286. The Kier molecular flexibility index (Phi) is 3.61. The van der Waals surface area contributed by atoms with E-state index in [4.69, 9.17) is 16.3 Å². The van der Waals surface area contributed by atoms with Crippen molar-refractivity contribution in [2.75, 3.05) is 13.1 Å². The summed E-state index contributed by atoms with van der Waals surface area (Å²) in [6.45, 7) is 0.930. The lowest BCUT2D eigenvalue weighted by atomic mass is 10.1. The van der Waals surface area contributed by atoms with Gasteiger partial charge in [-0.2, -0.15) is 13.2 Å². The van der Waals surface area contributed by atoms with E-state index in [2.05, 4.69) is 0 Å². The first-order chi connectivity index (χ1) is 9.84. The van der Waals surface area contributed by atoms with Gasteiger partial charge >= 0.3 is 6.18 Å². The average Bonchev–Trinajstić information content (AvgIpc) is 2.75. The zero-order valence-corrected chi connectivity index (χ0v) is 11.7. The molecule has 2 unspecified atom stereocenters. The van der Waals surface area contributed by atoms with Gasteiger partial charge in [-0.1, -0.05) is 11.6 Å². The van der Waals surface area contributed by atoms with Crippen molar-refractivity contribution >= 4 is 17.5 Å². The Bertz CT molecular complexity index is 564. The van der Waals surface area contributed by atoms with E-state index in [-0.39, 0.29) is 28.7 Å². The second kappa shape index (κ2) is 5.18. The van der Waals surface area contributed by atoms with Crippen molar-refractivity contribution in [3.63, 3.8) is 0 Å². The van der Waals surface area contributed by atoms with Crippen molar-refractivity contribution in [3.05, 3.63) is 34.3 Å². The molecule has 3 rings (SSSR count). The van der Waals surface area contributed by atoms with Crippen LogP contribution in [0, 0.1) is 0 Å². The molecule has 2 heterocycles. The first-order valence-corrected chi connectivity index (χ1v) is 7.04. The van der Waals surface area contributed by atoms with Crippen LogP contribution in [0.3, 0.4) is 0 Å². The lowest BCUT2D eigenvalue weighted by molar-refractivity contribution is -0.137. The highest BCUT2D eigenvalue weighted by Crippen LogP contribution is 2.33. The van der Waals surface area contributed by atoms with E-state index in [9.17, 15) is 18.0 Å². The topological polar surface area (TPSA) is 29.5 Å². The van der Waals surface area contributed by atoms with E-state index in [0.29, 0.717) is 13.1 Å². The number of halogens is 4. The third-order valence-corrected chi connectivity index (χ3v) is 4.17. The van der Waals surface area contributed by atoms with Gasteiger partial charge in [0.2, 0.25) is 0 Å². The quantitative estimate of drug-likeness (QED) is 0.794. The summed E-state index contributed by atoms with van der Waals surface area (Å²) in [7, 11) is 0. The molecule has 1 amide bonds. The van der Waals surface area contributed by atoms with Crippen LogP contribution in [-0.4, -0.2) is 36.1 Å². The van der Waals surface area contributed by atoms with Gasteiger partial charge < -0.3 is 9.64 Å². The number of amides is 1. The molecule has 2 fully saturated rings. The number of benzene rings is 1. The molecule has 2 atom stereocenters. The van der Waals surface area contributed by atoms with Crippen LogP contribution in [0.2, 0.25) is 5.02 Å². The molecule has 2 saturated heterocycles. The molecule has 21 heavy (non-hydrogen) atoms. The molecule has 0 spiro atoms. The highest BCUT2D eigenvalue weighted by molar-refractivity contribution is 6.33. The van der Waals surface area contributed by atoms with Crippen molar-refractivity contribution in [1.29, 1.82) is 0 Å². The van der Waals surface area contributed by atoms with Crippen LogP contribution in [0.15, 0.2) is 18.2 Å². The number of hydrogen-bond donors (Lipinski definition) is 0. The molecule has 1 aromatic carbocycles. The maximum atomic E-state index is 12.6. The van der Waals surface area contributed by atoms with E-state index in [1.807, 2.05) is 0 Å². The van der Waals surface area contributed by atoms with Crippen LogP contribution < -0.4 is 0 Å². The predicted molar refractivity (Wildman–Crippen MR) is 70.3 cm³/mol. The maximum absolute atomic E-state index is 12.6. The number of carbonyl (C=O) groups is 1. The van der Waals surface area contributed by atoms with Crippen LogP contribution in [0.5, 0.6) is 0 Å². The summed E-state index contributed by atoms with van der Waals surface area (Å²) < 4.78 is 43.4. The number of alkyl halides is 3. The van der Waals surface area contributed by atoms with Crippen LogP contribution in [0.4, 0.5) is 13.2 Å². The molecule has 114 valence electrons. The van der Waals surface area contributed by atoms with Crippen molar-refractivity contribution in [3.8, 4) is 0 Å². The molecule has 0 aliphatic carbocycles. The second-order valence-corrected chi connectivity index (χ2v) is 5.77. The molecule has 3 nitrogen and oxygen atoms in total. The molecule has 7 heteroatoms. The fourth-order valence-electron chi connectivity index (χ4n) is 2.82. The number of carbonyl (C=O) groups excluding carboxylic acids is 1. The summed E-state index contributed by atoms with van der Waals surface area (Å²) in [5.74, 6) is -0.339. The van der Waals surface area contributed by atoms with Crippen LogP contribution in [-0.2, 0) is 10.9 Å². The Labute approximate surface area is 124 Å². The first kappa shape index (κ1) is 14.7. The van der Waals surface area contributed by atoms with Crippen LogP contribution in [0.1, 0.15) is 28.8 Å². The van der Waals surface area contributed by atoms with Crippen molar-refractivity contribution in [1.82, 2.24) is 4.90 Å². The minimum atomic E-state index is -4.47. The van der Waals surface area contributed by atoms with E-state index < -0.39 is 11.7 Å². The van der Waals surface area contributed by atoms with Crippen molar-refractivity contribution in [2.45, 2.75) is 31.2 Å². The summed E-state index contributed by atoms with van der Waals surface area (Å²) in [6, 6.07) is 2.82. The van der Waals surface area contributed by atoms with Gasteiger partial charge in [-0.3, -0.25) is 4.79 Å². The zero-order valence-electron chi connectivity index (χ0n) is 11.0. The Hall–Kier alpha value is -1.27. The molecular formula is C14H13ClF3NO2. The molecule has 0 aromatic heterocycles. The normalized spacial score (nSPS) is 25.2. The number of hydrogen-bond acceptors (Lipinski definition) is 2. The monoisotopic (exact) mass is 319 g/mol. The number of ether oxygens (including phenoxy) is 1. The number of likely N-dealkylation sites (tertiary alicyclic amines) is 1. The van der Waals surface area contributed by atoms with Gasteiger partial charge in [0.05, 0.1) is 28.4 Å². The van der Waals surface area contributed by atoms with E-state index in [0.717, 1.165) is 31.0 Å². The average molecular weight is 320 g/mol. The third-order valence-electron chi connectivity index (χ3n) is 3.86. The van der Waals surface area contributed by atoms with Gasteiger partial charge in [0.1, 0.15) is 0 Å². The molecule has 0 N–H and O–H groups in total. The Morgan fingerprint density at radius 1 is 1.24 bits per heavy atom. The first-order valence-electron chi connectivity index (χ1n) is 6.66.